The Kier molecular flexibility index (Phi) is 6.97. The number of sulfonamides is 1. The van der Waals surface area contributed by atoms with Gasteiger partial charge in [0.05, 0.1) is 9.77 Å². The molecule has 172 valence electrons. The molecule has 1 aromatic heterocycles. The van der Waals surface area contributed by atoms with Gasteiger partial charge in [-0.3, -0.25) is 9.59 Å². The number of carbonyl (C=O) groups is 2. The number of nitrogens with one attached hydrogen (secondary N) is 1. The molecule has 1 aliphatic heterocycles. The molecule has 9 heteroatoms. The number of anilines is 1. The van der Waals surface area contributed by atoms with E-state index in [1.165, 1.54) is 27.8 Å². The van der Waals surface area contributed by atoms with Gasteiger partial charge >= 0.3 is 0 Å². The second-order valence-corrected chi connectivity index (χ2v) is 11.4. The van der Waals surface area contributed by atoms with Crippen LogP contribution in [0.4, 0.5) is 5.69 Å². The van der Waals surface area contributed by atoms with Crippen LogP contribution < -0.4 is 5.32 Å². The van der Waals surface area contributed by atoms with Crippen LogP contribution >= 0.6 is 11.3 Å². The molecular weight excluding hydrogens is 446 g/mol. The summed E-state index contributed by atoms with van der Waals surface area (Å²) in [6, 6.07) is 9.40. The van der Waals surface area contributed by atoms with E-state index in [4.69, 9.17) is 0 Å². The molecule has 2 aliphatic rings. The van der Waals surface area contributed by atoms with E-state index < -0.39 is 16.1 Å². The Morgan fingerprint density at radius 2 is 1.75 bits per heavy atom. The summed E-state index contributed by atoms with van der Waals surface area (Å²) >= 11 is 1.37. The highest BCUT2D eigenvalue weighted by Gasteiger charge is 2.35. The highest BCUT2D eigenvalue weighted by atomic mass is 32.2. The van der Waals surface area contributed by atoms with Crippen molar-refractivity contribution in [1.29, 1.82) is 0 Å². The average Bonchev–Trinajstić information content (AvgIpc) is 3.51. The van der Waals surface area contributed by atoms with Crippen LogP contribution in [0.3, 0.4) is 0 Å². The Bertz CT molecular complexity index is 1050. The van der Waals surface area contributed by atoms with Gasteiger partial charge in [-0.05, 0) is 61.4 Å². The summed E-state index contributed by atoms with van der Waals surface area (Å²) in [7, 11) is -1.92. The van der Waals surface area contributed by atoms with Crippen LogP contribution in [-0.4, -0.2) is 55.1 Å². The van der Waals surface area contributed by atoms with Crippen LogP contribution in [0, 0.1) is 0 Å². The number of likely N-dealkylation sites (tertiary alicyclic amines) is 1. The Morgan fingerprint density at radius 1 is 1.03 bits per heavy atom. The van der Waals surface area contributed by atoms with Crippen molar-refractivity contribution in [1.82, 2.24) is 9.21 Å². The Hall–Kier alpha value is -2.23. The first-order valence-electron chi connectivity index (χ1n) is 11.1. The summed E-state index contributed by atoms with van der Waals surface area (Å²) in [5, 5.41) is 4.69. The lowest BCUT2D eigenvalue weighted by atomic mass is 9.96. The fourth-order valence-electron chi connectivity index (χ4n) is 4.57. The van der Waals surface area contributed by atoms with Gasteiger partial charge in [0.15, 0.2) is 0 Å². The van der Waals surface area contributed by atoms with Gasteiger partial charge in [0.2, 0.25) is 15.9 Å². The Labute approximate surface area is 193 Å². The van der Waals surface area contributed by atoms with Gasteiger partial charge in [-0.15, -0.1) is 11.3 Å². The standard InChI is InChI=1S/C23H29N3O4S2/c1-25(18-7-3-2-4-8-18)32(29,30)19-13-11-17(12-14-19)24-22(27)20-9-5-15-26(20)23(28)21-10-6-16-31-21/h6,10-14,16,18,20H,2-5,7-9,15H2,1H3,(H,24,27)/t20-/m0/s1. The molecule has 0 bridgehead atoms. The fraction of sp³-hybridized carbons (Fsp3) is 0.478. The van der Waals surface area contributed by atoms with Crippen LogP contribution in [0.2, 0.25) is 0 Å². The molecule has 7 nitrogen and oxygen atoms in total. The maximum Gasteiger partial charge on any atom is 0.264 e. The van der Waals surface area contributed by atoms with Crippen molar-refractivity contribution >= 4 is 38.9 Å². The van der Waals surface area contributed by atoms with Crippen LogP contribution in [0.25, 0.3) is 0 Å². The van der Waals surface area contributed by atoms with E-state index >= 15 is 0 Å². The van der Waals surface area contributed by atoms with E-state index in [9.17, 15) is 18.0 Å². The summed E-state index contributed by atoms with van der Waals surface area (Å²) < 4.78 is 27.5. The molecule has 4 rings (SSSR count). The van der Waals surface area contributed by atoms with Crippen LogP contribution in [0.15, 0.2) is 46.7 Å². The summed E-state index contributed by atoms with van der Waals surface area (Å²) in [5.41, 5.74) is 0.518. The van der Waals surface area contributed by atoms with E-state index in [1.807, 2.05) is 11.4 Å². The molecule has 1 saturated carbocycles. The predicted molar refractivity (Wildman–Crippen MR) is 125 cm³/mol. The first-order valence-corrected chi connectivity index (χ1v) is 13.4. The summed E-state index contributed by atoms with van der Waals surface area (Å²) in [6.45, 7) is 0.555. The number of benzene rings is 1. The highest BCUT2D eigenvalue weighted by Crippen LogP contribution is 2.28. The number of rotatable bonds is 6. The van der Waals surface area contributed by atoms with E-state index in [-0.39, 0.29) is 22.8 Å². The SMILES string of the molecule is CN(C1CCCCC1)S(=O)(=O)c1ccc(NC(=O)[C@@H]2CCCN2C(=O)c2cccs2)cc1. The highest BCUT2D eigenvalue weighted by molar-refractivity contribution is 7.89. The molecule has 2 amide bonds. The van der Waals surface area contributed by atoms with Crippen molar-refractivity contribution in [3.05, 3.63) is 46.7 Å². The Balaban J connectivity index is 1.42. The van der Waals surface area contributed by atoms with Crippen LogP contribution in [0.1, 0.15) is 54.6 Å². The molecule has 2 fully saturated rings. The second-order valence-electron chi connectivity index (χ2n) is 8.46. The van der Waals surface area contributed by atoms with Gasteiger partial charge in [0, 0.05) is 25.3 Å². The van der Waals surface area contributed by atoms with Crippen LogP contribution in [0.5, 0.6) is 0 Å². The number of amides is 2. The quantitative estimate of drug-likeness (QED) is 0.686. The normalized spacial score (nSPS) is 19.9. The van der Waals surface area contributed by atoms with Gasteiger partial charge in [0.1, 0.15) is 6.04 Å². The topological polar surface area (TPSA) is 86.8 Å². The van der Waals surface area contributed by atoms with Crippen molar-refractivity contribution in [2.75, 3.05) is 18.9 Å². The summed E-state index contributed by atoms with van der Waals surface area (Å²) in [4.78, 5) is 28.0. The molecule has 0 spiro atoms. The molecular formula is C23H29N3O4S2. The summed E-state index contributed by atoms with van der Waals surface area (Å²) in [6.07, 6.45) is 6.46. The molecule has 1 N–H and O–H groups in total. The fourth-order valence-corrected chi connectivity index (χ4v) is 6.66. The van der Waals surface area contributed by atoms with Crippen molar-refractivity contribution in [3.8, 4) is 0 Å². The molecule has 2 aromatic rings. The molecule has 1 aliphatic carbocycles. The first kappa shape index (κ1) is 22.9. The van der Waals surface area contributed by atoms with Crippen molar-refractivity contribution in [3.63, 3.8) is 0 Å². The van der Waals surface area contributed by atoms with Crippen molar-refractivity contribution in [2.45, 2.75) is 61.9 Å². The lowest BCUT2D eigenvalue weighted by Crippen LogP contribution is -2.43. The third-order valence-electron chi connectivity index (χ3n) is 6.44. The lowest BCUT2D eigenvalue weighted by Gasteiger charge is -2.30. The monoisotopic (exact) mass is 475 g/mol. The largest absolute Gasteiger partial charge is 0.326 e. The zero-order chi connectivity index (χ0) is 22.7. The lowest BCUT2D eigenvalue weighted by molar-refractivity contribution is -0.119. The van der Waals surface area contributed by atoms with E-state index in [0.717, 1.165) is 38.5 Å². The number of thiophene rings is 1. The van der Waals surface area contributed by atoms with Gasteiger partial charge in [0.25, 0.3) is 5.91 Å². The molecule has 2 heterocycles. The predicted octanol–water partition coefficient (Wildman–Crippen LogP) is 3.94. The van der Waals surface area contributed by atoms with Gasteiger partial charge in [-0.25, -0.2) is 8.42 Å². The minimum absolute atomic E-state index is 0.0439. The van der Waals surface area contributed by atoms with E-state index in [2.05, 4.69) is 5.32 Å². The van der Waals surface area contributed by atoms with E-state index in [0.29, 0.717) is 23.5 Å². The molecule has 1 saturated heterocycles. The maximum absolute atomic E-state index is 13.0. The number of hydrogen-bond acceptors (Lipinski definition) is 5. The number of hydrogen-bond donors (Lipinski definition) is 1. The smallest absolute Gasteiger partial charge is 0.264 e. The van der Waals surface area contributed by atoms with Gasteiger partial charge in [-0.1, -0.05) is 25.3 Å². The Morgan fingerprint density at radius 3 is 2.41 bits per heavy atom. The third kappa shape index (κ3) is 4.74. The molecule has 1 aromatic carbocycles. The second kappa shape index (κ2) is 9.72. The number of carbonyl (C=O) groups excluding carboxylic acids is 2. The van der Waals surface area contributed by atoms with E-state index in [1.54, 1.807) is 30.1 Å². The first-order chi connectivity index (χ1) is 15.4. The molecule has 32 heavy (non-hydrogen) atoms. The maximum atomic E-state index is 13.0. The summed E-state index contributed by atoms with van der Waals surface area (Å²) in [5.74, 6) is -0.368. The zero-order valence-corrected chi connectivity index (χ0v) is 19.8. The van der Waals surface area contributed by atoms with Crippen molar-refractivity contribution in [2.24, 2.45) is 0 Å². The van der Waals surface area contributed by atoms with Crippen LogP contribution in [-0.2, 0) is 14.8 Å². The molecule has 0 radical (unpaired) electrons. The third-order valence-corrected chi connectivity index (χ3v) is 9.22. The average molecular weight is 476 g/mol. The minimum atomic E-state index is -3.58. The van der Waals surface area contributed by atoms with Crippen molar-refractivity contribution < 1.29 is 18.0 Å². The molecule has 0 unspecified atom stereocenters. The van der Waals surface area contributed by atoms with Gasteiger partial charge < -0.3 is 10.2 Å². The minimum Gasteiger partial charge on any atom is -0.326 e. The number of nitrogens with zero attached hydrogens (tertiary/aromatic N) is 2. The zero-order valence-electron chi connectivity index (χ0n) is 18.2. The molecule has 1 atom stereocenters. The van der Waals surface area contributed by atoms with Gasteiger partial charge in [-0.2, -0.15) is 4.31 Å².